The van der Waals surface area contributed by atoms with Crippen molar-refractivity contribution in [3.8, 4) is 0 Å². The van der Waals surface area contributed by atoms with Crippen LogP contribution in [-0.4, -0.2) is 17.7 Å². The average molecular weight is 324 g/mol. The highest BCUT2D eigenvalue weighted by Gasteiger charge is 2.13. The van der Waals surface area contributed by atoms with Crippen LogP contribution in [0.4, 0.5) is 0 Å². The summed E-state index contributed by atoms with van der Waals surface area (Å²) in [4.78, 5) is 13.0. The maximum atomic E-state index is 12.0. The Morgan fingerprint density at radius 2 is 2.10 bits per heavy atom. The molecule has 2 aromatic rings. The van der Waals surface area contributed by atoms with Crippen LogP contribution in [0.1, 0.15) is 19.1 Å². The molecule has 1 atom stereocenters. The summed E-state index contributed by atoms with van der Waals surface area (Å²) < 4.78 is 5.25. The molecule has 0 fully saturated rings. The minimum Gasteiger partial charge on any atom is -0.469 e. The van der Waals surface area contributed by atoms with Gasteiger partial charge < -0.3 is 9.73 Å². The maximum Gasteiger partial charge on any atom is 0.233 e. The molecule has 5 heteroatoms. The average Bonchev–Trinajstić information content (AvgIpc) is 2.99. The van der Waals surface area contributed by atoms with Crippen LogP contribution in [0.2, 0.25) is 5.02 Å². The van der Waals surface area contributed by atoms with Crippen molar-refractivity contribution < 1.29 is 9.21 Å². The number of carbonyl (C=O) groups is 1. The van der Waals surface area contributed by atoms with Crippen LogP contribution < -0.4 is 5.32 Å². The molecule has 2 rings (SSSR count). The number of hydrogen-bond donors (Lipinski definition) is 1. The molecule has 1 amide bonds. The standard InChI is InChI=1S/C16H18ClNO2S/c1-12(21-15-8-6-13(17)7-9-15)16(19)18-10-2-4-14-5-3-11-20-14/h3,5-9,11-12H,2,4,10H2,1H3,(H,18,19). The number of halogens is 1. The van der Waals surface area contributed by atoms with Gasteiger partial charge >= 0.3 is 0 Å². The Balaban J connectivity index is 1.68. The summed E-state index contributed by atoms with van der Waals surface area (Å²) >= 11 is 7.37. The first-order valence-corrected chi connectivity index (χ1v) is 8.13. The number of rotatable bonds is 7. The molecule has 0 aliphatic heterocycles. The van der Waals surface area contributed by atoms with Crippen molar-refractivity contribution >= 4 is 29.3 Å². The minimum atomic E-state index is -0.130. The second kappa shape index (κ2) is 8.15. The minimum absolute atomic E-state index is 0.0504. The first-order chi connectivity index (χ1) is 10.1. The van der Waals surface area contributed by atoms with E-state index in [0.717, 1.165) is 23.5 Å². The molecule has 0 spiro atoms. The molecule has 21 heavy (non-hydrogen) atoms. The van der Waals surface area contributed by atoms with E-state index in [-0.39, 0.29) is 11.2 Å². The molecule has 0 aliphatic carbocycles. The lowest BCUT2D eigenvalue weighted by Gasteiger charge is -2.11. The van der Waals surface area contributed by atoms with Gasteiger partial charge in [0.2, 0.25) is 5.91 Å². The third-order valence-electron chi connectivity index (χ3n) is 2.98. The number of nitrogens with one attached hydrogen (secondary N) is 1. The smallest absolute Gasteiger partial charge is 0.233 e. The summed E-state index contributed by atoms with van der Waals surface area (Å²) in [6.07, 6.45) is 3.38. The summed E-state index contributed by atoms with van der Waals surface area (Å²) in [7, 11) is 0. The maximum absolute atomic E-state index is 12.0. The van der Waals surface area contributed by atoms with Gasteiger partial charge in [-0.1, -0.05) is 11.6 Å². The molecule has 1 unspecified atom stereocenters. The number of benzene rings is 1. The normalized spacial score (nSPS) is 12.1. The molecule has 1 aromatic carbocycles. The molecule has 1 aromatic heterocycles. The largest absolute Gasteiger partial charge is 0.469 e. The number of amides is 1. The number of hydrogen-bond acceptors (Lipinski definition) is 3. The Kier molecular flexibility index (Phi) is 6.21. The van der Waals surface area contributed by atoms with Gasteiger partial charge in [0, 0.05) is 22.9 Å². The zero-order valence-corrected chi connectivity index (χ0v) is 13.4. The highest BCUT2D eigenvalue weighted by Crippen LogP contribution is 2.24. The molecule has 3 nitrogen and oxygen atoms in total. The Hall–Kier alpha value is -1.39. The molecule has 0 aliphatic rings. The Morgan fingerprint density at radius 3 is 2.76 bits per heavy atom. The van der Waals surface area contributed by atoms with Crippen molar-refractivity contribution in [1.82, 2.24) is 5.32 Å². The molecule has 1 N–H and O–H groups in total. The van der Waals surface area contributed by atoms with E-state index in [1.165, 1.54) is 11.8 Å². The van der Waals surface area contributed by atoms with E-state index in [4.69, 9.17) is 16.0 Å². The monoisotopic (exact) mass is 323 g/mol. The van der Waals surface area contributed by atoms with Crippen LogP contribution in [0, 0.1) is 0 Å². The van der Waals surface area contributed by atoms with Crippen molar-refractivity contribution in [2.45, 2.75) is 29.9 Å². The highest BCUT2D eigenvalue weighted by atomic mass is 35.5. The summed E-state index contributed by atoms with van der Waals surface area (Å²) in [5.74, 6) is 1.00. The lowest BCUT2D eigenvalue weighted by atomic mass is 10.2. The topological polar surface area (TPSA) is 42.2 Å². The van der Waals surface area contributed by atoms with Gasteiger partial charge in [0.1, 0.15) is 5.76 Å². The van der Waals surface area contributed by atoms with E-state index in [1.807, 2.05) is 43.3 Å². The SMILES string of the molecule is CC(Sc1ccc(Cl)cc1)C(=O)NCCCc1ccco1. The Labute approximate surface area is 134 Å². The van der Waals surface area contributed by atoms with Gasteiger partial charge in [0.25, 0.3) is 0 Å². The molecule has 0 saturated heterocycles. The van der Waals surface area contributed by atoms with Gasteiger partial charge in [-0.05, 0) is 49.7 Å². The van der Waals surface area contributed by atoms with E-state index in [2.05, 4.69) is 5.32 Å². The fourth-order valence-electron chi connectivity index (χ4n) is 1.84. The predicted octanol–water partition coefficient (Wildman–Crippen LogP) is 4.16. The molecular formula is C16H18ClNO2S. The fraction of sp³-hybridized carbons (Fsp3) is 0.312. The Bertz CT molecular complexity index is 554. The molecule has 0 radical (unpaired) electrons. The van der Waals surface area contributed by atoms with E-state index in [0.29, 0.717) is 11.6 Å². The van der Waals surface area contributed by atoms with E-state index in [9.17, 15) is 4.79 Å². The van der Waals surface area contributed by atoms with Gasteiger partial charge in [-0.25, -0.2) is 0 Å². The van der Waals surface area contributed by atoms with E-state index < -0.39 is 0 Å². The number of aryl methyl sites for hydroxylation is 1. The van der Waals surface area contributed by atoms with Crippen LogP contribution >= 0.6 is 23.4 Å². The van der Waals surface area contributed by atoms with Crippen LogP contribution in [0.5, 0.6) is 0 Å². The van der Waals surface area contributed by atoms with Gasteiger partial charge in [-0.15, -0.1) is 11.8 Å². The van der Waals surface area contributed by atoms with Crippen molar-refractivity contribution in [3.63, 3.8) is 0 Å². The zero-order chi connectivity index (χ0) is 15.1. The van der Waals surface area contributed by atoms with Crippen molar-refractivity contribution in [1.29, 1.82) is 0 Å². The summed E-state index contributed by atoms with van der Waals surface area (Å²) in [5.41, 5.74) is 0. The number of carbonyl (C=O) groups excluding carboxylic acids is 1. The third-order valence-corrected chi connectivity index (χ3v) is 4.34. The lowest BCUT2D eigenvalue weighted by Crippen LogP contribution is -2.31. The Morgan fingerprint density at radius 1 is 1.33 bits per heavy atom. The van der Waals surface area contributed by atoms with Crippen LogP contribution in [0.25, 0.3) is 0 Å². The van der Waals surface area contributed by atoms with Crippen molar-refractivity contribution in [2.75, 3.05) is 6.54 Å². The molecule has 0 bridgehead atoms. The second-order valence-electron chi connectivity index (χ2n) is 4.69. The molecule has 1 heterocycles. The first kappa shape index (κ1) is 16.0. The van der Waals surface area contributed by atoms with Crippen LogP contribution in [0.15, 0.2) is 52.0 Å². The zero-order valence-electron chi connectivity index (χ0n) is 11.8. The third kappa shape index (κ3) is 5.48. The molecular weight excluding hydrogens is 306 g/mol. The van der Waals surface area contributed by atoms with Gasteiger partial charge in [-0.2, -0.15) is 0 Å². The summed E-state index contributed by atoms with van der Waals surface area (Å²) in [5, 5.41) is 3.52. The van der Waals surface area contributed by atoms with Gasteiger partial charge in [0.05, 0.1) is 11.5 Å². The predicted molar refractivity (Wildman–Crippen MR) is 86.8 cm³/mol. The first-order valence-electron chi connectivity index (χ1n) is 6.87. The van der Waals surface area contributed by atoms with E-state index in [1.54, 1.807) is 6.26 Å². The van der Waals surface area contributed by atoms with Gasteiger partial charge in [0.15, 0.2) is 0 Å². The molecule has 0 saturated carbocycles. The molecule has 112 valence electrons. The number of furan rings is 1. The van der Waals surface area contributed by atoms with Crippen LogP contribution in [-0.2, 0) is 11.2 Å². The van der Waals surface area contributed by atoms with Crippen molar-refractivity contribution in [2.24, 2.45) is 0 Å². The quantitative estimate of drug-likeness (QED) is 0.614. The summed E-state index contributed by atoms with van der Waals surface area (Å²) in [6, 6.07) is 11.3. The van der Waals surface area contributed by atoms with E-state index >= 15 is 0 Å². The second-order valence-corrected chi connectivity index (χ2v) is 6.54. The summed E-state index contributed by atoms with van der Waals surface area (Å²) in [6.45, 7) is 2.56. The lowest BCUT2D eigenvalue weighted by molar-refractivity contribution is -0.120. The highest BCUT2D eigenvalue weighted by molar-refractivity contribution is 8.00. The number of thioether (sulfide) groups is 1. The van der Waals surface area contributed by atoms with Crippen molar-refractivity contribution in [3.05, 3.63) is 53.4 Å². The van der Waals surface area contributed by atoms with Crippen LogP contribution in [0.3, 0.4) is 0 Å². The fourth-order valence-corrected chi connectivity index (χ4v) is 2.86. The van der Waals surface area contributed by atoms with Gasteiger partial charge in [-0.3, -0.25) is 4.79 Å².